The molecule has 2 aliphatic heterocycles. The summed E-state index contributed by atoms with van der Waals surface area (Å²) in [6.07, 6.45) is 2.96. The monoisotopic (exact) mass is 216 g/mol. The van der Waals surface area contributed by atoms with Gasteiger partial charge in [-0.05, 0) is 25.6 Å². The molecular formula is C12H16N4. The minimum atomic E-state index is 0.438. The molecule has 1 aromatic heterocycles. The van der Waals surface area contributed by atoms with Crippen molar-refractivity contribution in [1.29, 1.82) is 0 Å². The lowest BCUT2D eigenvalue weighted by molar-refractivity contribution is 0.229. The van der Waals surface area contributed by atoms with E-state index >= 15 is 0 Å². The fraction of sp³-hybridized carbons (Fsp3) is 0.500. The number of fused-ring (bicyclic) bond motifs is 1. The van der Waals surface area contributed by atoms with E-state index in [9.17, 15) is 0 Å². The van der Waals surface area contributed by atoms with Crippen LogP contribution < -0.4 is 5.32 Å². The van der Waals surface area contributed by atoms with Gasteiger partial charge >= 0.3 is 0 Å². The lowest BCUT2D eigenvalue weighted by Gasteiger charge is -2.30. The Morgan fingerprint density at radius 1 is 1.44 bits per heavy atom. The number of rotatable bonds is 1. The van der Waals surface area contributed by atoms with Crippen LogP contribution in [0.2, 0.25) is 0 Å². The molecule has 0 aliphatic carbocycles. The molecule has 4 heteroatoms. The van der Waals surface area contributed by atoms with Gasteiger partial charge in [-0.25, -0.2) is 0 Å². The summed E-state index contributed by atoms with van der Waals surface area (Å²) >= 11 is 0. The summed E-state index contributed by atoms with van der Waals surface area (Å²) in [5, 5.41) is 3.49. The van der Waals surface area contributed by atoms with Gasteiger partial charge in [0.1, 0.15) is 11.5 Å². The second-order valence-corrected chi connectivity index (χ2v) is 4.56. The predicted molar refractivity (Wildman–Crippen MR) is 63.6 cm³/mol. The molecule has 2 atom stereocenters. The van der Waals surface area contributed by atoms with Crippen molar-refractivity contribution in [2.75, 3.05) is 20.1 Å². The molecule has 0 spiro atoms. The van der Waals surface area contributed by atoms with Crippen molar-refractivity contribution in [3.05, 3.63) is 30.1 Å². The maximum absolute atomic E-state index is 4.73. The van der Waals surface area contributed by atoms with Crippen LogP contribution in [0.1, 0.15) is 12.1 Å². The summed E-state index contributed by atoms with van der Waals surface area (Å²) < 4.78 is 0. The molecule has 0 radical (unpaired) electrons. The molecular weight excluding hydrogens is 200 g/mol. The van der Waals surface area contributed by atoms with Gasteiger partial charge in [0.25, 0.3) is 0 Å². The number of piperidine rings is 1. The Morgan fingerprint density at radius 2 is 2.38 bits per heavy atom. The number of nitrogens with zero attached hydrogens (tertiary/aromatic N) is 3. The fourth-order valence-electron chi connectivity index (χ4n) is 2.42. The van der Waals surface area contributed by atoms with Crippen LogP contribution in [0, 0.1) is 0 Å². The summed E-state index contributed by atoms with van der Waals surface area (Å²) in [6.45, 7) is 2.21. The van der Waals surface area contributed by atoms with Crippen molar-refractivity contribution in [2.24, 2.45) is 4.99 Å². The van der Waals surface area contributed by atoms with E-state index < -0.39 is 0 Å². The highest BCUT2D eigenvalue weighted by Gasteiger charge is 2.33. The van der Waals surface area contributed by atoms with E-state index in [0.29, 0.717) is 12.1 Å². The largest absolute Gasteiger partial charge is 0.362 e. The average molecular weight is 216 g/mol. The molecule has 2 unspecified atom stereocenters. The van der Waals surface area contributed by atoms with Gasteiger partial charge in [0.15, 0.2) is 0 Å². The van der Waals surface area contributed by atoms with Crippen LogP contribution in [-0.4, -0.2) is 47.9 Å². The van der Waals surface area contributed by atoms with Crippen LogP contribution in [0.3, 0.4) is 0 Å². The summed E-state index contributed by atoms with van der Waals surface area (Å²) in [5.41, 5.74) is 0.958. The predicted octanol–water partition coefficient (Wildman–Crippen LogP) is 0.504. The second kappa shape index (κ2) is 3.87. The van der Waals surface area contributed by atoms with Gasteiger partial charge in [-0.3, -0.25) is 9.98 Å². The van der Waals surface area contributed by atoms with E-state index in [1.807, 2.05) is 24.4 Å². The highest BCUT2D eigenvalue weighted by atomic mass is 15.2. The van der Waals surface area contributed by atoms with E-state index in [1.165, 1.54) is 0 Å². The van der Waals surface area contributed by atoms with Crippen molar-refractivity contribution < 1.29 is 0 Å². The maximum Gasteiger partial charge on any atom is 0.147 e. The van der Waals surface area contributed by atoms with Crippen LogP contribution in [-0.2, 0) is 0 Å². The Kier molecular flexibility index (Phi) is 2.36. The molecule has 1 N–H and O–H groups in total. The first kappa shape index (κ1) is 9.78. The molecule has 1 aromatic rings. The third-order valence-corrected chi connectivity index (χ3v) is 3.30. The van der Waals surface area contributed by atoms with Gasteiger partial charge in [0, 0.05) is 19.3 Å². The molecule has 0 aromatic carbocycles. The topological polar surface area (TPSA) is 40.5 Å². The Morgan fingerprint density at radius 3 is 3.19 bits per heavy atom. The Balaban J connectivity index is 1.80. The third kappa shape index (κ3) is 1.69. The van der Waals surface area contributed by atoms with Crippen molar-refractivity contribution >= 4 is 5.84 Å². The zero-order chi connectivity index (χ0) is 11.0. The van der Waals surface area contributed by atoms with Crippen LogP contribution in [0.25, 0.3) is 0 Å². The van der Waals surface area contributed by atoms with Crippen LogP contribution >= 0.6 is 0 Å². The molecule has 0 saturated carbocycles. The Bertz CT molecular complexity index is 401. The van der Waals surface area contributed by atoms with Gasteiger partial charge < -0.3 is 10.2 Å². The van der Waals surface area contributed by atoms with Crippen LogP contribution in [0.15, 0.2) is 29.4 Å². The van der Waals surface area contributed by atoms with E-state index in [-0.39, 0.29) is 0 Å². The minimum absolute atomic E-state index is 0.438. The van der Waals surface area contributed by atoms with Crippen molar-refractivity contribution in [3.8, 4) is 0 Å². The lowest BCUT2D eigenvalue weighted by atomic mass is 10.0. The van der Waals surface area contributed by atoms with Crippen molar-refractivity contribution in [2.45, 2.75) is 18.5 Å². The zero-order valence-corrected chi connectivity index (χ0v) is 9.43. The molecule has 1 saturated heterocycles. The van der Waals surface area contributed by atoms with Gasteiger partial charge in [-0.2, -0.15) is 0 Å². The zero-order valence-electron chi connectivity index (χ0n) is 9.43. The summed E-state index contributed by atoms with van der Waals surface area (Å²) in [5.74, 6) is 0.964. The number of aliphatic imine (C=N–C) groups is 1. The molecule has 1 fully saturated rings. The highest BCUT2D eigenvalue weighted by molar-refractivity contribution is 5.98. The minimum Gasteiger partial charge on any atom is -0.362 e. The first-order valence-electron chi connectivity index (χ1n) is 5.77. The Labute approximate surface area is 95.4 Å². The molecule has 4 nitrogen and oxygen atoms in total. The van der Waals surface area contributed by atoms with Crippen LogP contribution in [0.4, 0.5) is 0 Å². The molecule has 84 valence electrons. The fourth-order valence-corrected chi connectivity index (χ4v) is 2.42. The number of pyridine rings is 1. The highest BCUT2D eigenvalue weighted by Crippen LogP contribution is 2.19. The van der Waals surface area contributed by atoms with Gasteiger partial charge in [0.05, 0.1) is 12.1 Å². The quantitative estimate of drug-likeness (QED) is 0.743. The van der Waals surface area contributed by atoms with Gasteiger partial charge in [-0.1, -0.05) is 6.07 Å². The first-order chi connectivity index (χ1) is 7.83. The van der Waals surface area contributed by atoms with E-state index in [1.54, 1.807) is 0 Å². The first-order valence-corrected chi connectivity index (χ1v) is 5.77. The van der Waals surface area contributed by atoms with E-state index in [2.05, 4.69) is 22.2 Å². The average Bonchev–Trinajstić information content (AvgIpc) is 2.73. The smallest absolute Gasteiger partial charge is 0.147 e. The number of hydrogen-bond acceptors (Lipinski definition) is 4. The molecule has 3 rings (SSSR count). The van der Waals surface area contributed by atoms with Gasteiger partial charge in [-0.15, -0.1) is 0 Å². The number of likely N-dealkylation sites (N-methyl/N-ethyl adjacent to an activating group) is 1. The SMILES string of the molecule is CN1CCC2N=C(c3ccccn3)NC2C1. The summed E-state index contributed by atoms with van der Waals surface area (Å²) in [7, 11) is 2.16. The third-order valence-electron chi connectivity index (χ3n) is 3.30. The van der Waals surface area contributed by atoms with Crippen LogP contribution in [0.5, 0.6) is 0 Å². The second-order valence-electron chi connectivity index (χ2n) is 4.56. The number of aromatic nitrogens is 1. The van der Waals surface area contributed by atoms with E-state index in [0.717, 1.165) is 31.0 Å². The number of nitrogens with one attached hydrogen (secondary N) is 1. The molecule has 3 heterocycles. The molecule has 0 bridgehead atoms. The lowest BCUT2D eigenvalue weighted by Crippen LogP contribution is -2.48. The number of likely N-dealkylation sites (tertiary alicyclic amines) is 1. The van der Waals surface area contributed by atoms with E-state index in [4.69, 9.17) is 4.99 Å². The van der Waals surface area contributed by atoms with Crippen molar-refractivity contribution in [1.82, 2.24) is 15.2 Å². The number of hydrogen-bond donors (Lipinski definition) is 1. The summed E-state index contributed by atoms with van der Waals surface area (Å²) in [6, 6.07) is 6.84. The normalized spacial score (nSPS) is 29.4. The Hall–Kier alpha value is -1.42. The maximum atomic E-state index is 4.73. The standard InChI is InChI=1S/C12H16N4/c1-16-7-5-9-11(8-16)15-12(14-9)10-4-2-3-6-13-10/h2-4,6,9,11H,5,7-8H2,1H3,(H,14,15). The molecule has 16 heavy (non-hydrogen) atoms. The summed E-state index contributed by atoms with van der Waals surface area (Å²) in [4.78, 5) is 11.4. The van der Waals surface area contributed by atoms with Gasteiger partial charge in [0.2, 0.25) is 0 Å². The van der Waals surface area contributed by atoms with Crippen molar-refractivity contribution in [3.63, 3.8) is 0 Å². The molecule has 0 amide bonds. The number of amidine groups is 1. The molecule has 2 aliphatic rings.